The molecule has 1 N–H and O–H groups in total. The van der Waals surface area contributed by atoms with E-state index < -0.39 is 24.0 Å². The number of hydrogen-bond donors (Lipinski definition) is 1. The van der Waals surface area contributed by atoms with E-state index in [1.54, 1.807) is 18.2 Å². The largest absolute Gasteiger partial charge is 0.494 e. The minimum atomic E-state index is -4.20. The molecule has 0 saturated carbocycles. The van der Waals surface area contributed by atoms with Crippen LogP contribution in [-0.2, 0) is 16.8 Å². The van der Waals surface area contributed by atoms with E-state index in [4.69, 9.17) is 14.2 Å². The molecular weight excluding hydrogens is 449 g/mol. The first-order valence-electron chi connectivity index (χ1n) is 11.0. The molecule has 1 unspecified atom stereocenters. The second-order valence-electron chi connectivity index (χ2n) is 8.60. The van der Waals surface area contributed by atoms with Gasteiger partial charge in [-0.2, -0.15) is 18.4 Å². The Balaban J connectivity index is 1.42. The highest BCUT2D eigenvalue weighted by molar-refractivity contribution is 6.08. The highest BCUT2D eigenvalue weighted by Crippen LogP contribution is 2.50. The number of amides is 1. The van der Waals surface area contributed by atoms with E-state index in [9.17, 15) is 23.2 Å². The van der Waals surface area contributed by atoms with Gasteiger partial charge in [-0.15, -0.1) is 0 Å². The molecule has 2 aliphatic heterocycles. The molecule has 34 heavy (non-hydrogen) atoms. The number of rotatable bonds is 5. The summed E-state index contributed by atoms with van der Waals surface area (Å²) in [4.78, 5) is 13.0. The molecule has 0 radical (unpaired) electrons. The lowest BCUT2D eigenvalue weighted by Gasteiger charge is -2.37. The van der Waals surface area contributed by atoms with E-state index in [-0.39, 0.29) is 25.4 Å². The number of halogens is 3. The molecule has 9 heteroatoms. The molecule has 2 heterocycles. The summed E-state index contributed by atoms with van der Waals surface area (Å²) in [5.74, 6) is 1.15. The van der Waals surface area contributed by atoms with Crippen LogP contribution in [0.1, 0.15) is 42.4 Å². The van der Waals surface area contributed by atoms with Gasteiger partial charge in [0.2, 0.25) is 6.79 Å². The van der Waals surface area contributed by atoms with Gasteiger partial charge in [0.15, 0.2) is 11.5 Å². The van der Waals surface area contributed by atoms with Gasteiger partial charge < -0.3 is 19.5 Å². The van der Waals surface area contributed by atoms with Crippen LogP contribution in [0.25, 0.3) is 5.57 Å². The molecule has 0 saturated heterocycles. The zero-order valence-corrected chi connectivity index (χ0v) is 18.1. The van der Waals surface area contributed by atoms with Gasteiger partial charge in [-0.1, -0.05) is 18.2 Å². The summed E-state index contributed by atoms with van der Waals surface area (Å²) in [6.07, 6.45) is -3.51. The quantitative estimate of drug-likeness (QED) is 0.637. The number of benzene rings is 2. The van der Waals surface area contributed by atoms with Gasteiger partial charge in [-0.05, 0) is 54.2 Å². The minimum absolute atomic E-state index is 0.0280. The minimum Gasteiger partial charge on any atom is -0.494 e. The molecule has 1 aliphatic carbocycles. The molecular formula is C25H21F3N2O4. The lowest BCUT2D eigenvalue weighted by atomic mass is 9.78. The molecule has 1 atom stereocenters. The van der Waals surface area contributed by atoms with Crippen molar-refractivity contribution in [3.05, 3.63) is 58.7 Å². The normalized spacial score (nSPS) is 20.8. The second kappa shape index (κ2) is 8.28. The van der Waals surface area contributed by atoms with Gasteiger partial charge in [-0.25, -0.2) is 0 Å². The van der Waals surface area contributed by atoms with Crippen molar-refractivity contribution in [1.82, 2.24) is 5.32 Å². The Kier molecular flexibility index (Phi) is 5.39. The van der Waals surface area contributed by atoms with Crippen molar-refractivity contribution in [2.45, 2.75) is 43.8 Å². The summed E-state index contributed by atoms with van der Waals surface area (Å²) >= 11 is 0. The van der Waals surface area contributed by atoms with E-state index in [1.807, 2.05) is 24.3 Å². The molecule has 1 amide bonds. The van der Waals surface area contributed by atoms with Crippen LogP contribution in [0.5, 0.6) is 17.2 Å². The van der Waals surface area contributed by atoms with Crippen molar-refractivity contribution < 1.29 is 32.2 Å². The maximum atomic E-state index is 13.0. The smallest absolute Gasteiger partial charge is 0.389 e. The van der Waals surface area contributed by atoms with Crippen LogP contribution in [0.3, 0.4) is 0 Å². The van der Waals surface area contributed by atoms with Crippen LogP contribution >= 0.6 is 0 Å². The monoisotopic (exact) mass is 470 g/mol. The van der Waals surface area contributed by atoms with Crippen molar-refractivity contribution >= 4 is 11.5 Å². The Morgan fingerprint density at radius 3 is 2.85 bits per heavy atom. The van der Waals surface area contributed by atoms with Crippen LogP contribution in [0.4, 0.5) is 13.2 Å². The van der Waals surface area contributed by atoms with Crippen LogP contribution in [0, 0.1) is 11.3 Å². The third kappa shape index (κ3) is 3.94. The Bertz CT molecular complexity index is 1230. The van der Waals surface area contributed by atoms with E-state index in [2.05, 4.69) is 5.32 Å². The lowest BCUT2D eigenvalue weighted by molar-refractivity contribution is -0.136. The van der Waals surface area contributed by atoms with E-state index in [0.29, 0.717) is 47.6 Å². The number of aryl methyl sites for hydroxylation is 1. The molecule has 0 fully saturated rings. The highest BCUT2D eigenvalue weighted by atomic mass is 19.4. The number of nitrogens with one attached hydrogen (secondary N) is 1. The first kappa shape index (κ1) is 22.1. The molecule has 0 bridgehead atoms. The first-order valence-corrected chi connectivity index (χ1v) is 11.0. The van der Waals surface area contributed by atoms with Gasteiger partial charge in [0, 0.05) is 18.4 Å². The van der Waals surface area contributed by atoms with Gasteiger partial charge >= 0.3 is 6.18 Å². The van der Waals surface area contributed by atoms with Gasteiger partial charge in [0.1, 0.15) is 17.4 Å². The summed E-state index contributed by atoms with van der Waals surface area (Å²) in [6.45, 7) is 0.0488. The third-order valence-electron chi connectivity index (χ3n) is 6.48. The third-order valence-corrected chi connectivity index (χ3v) is 6.48. The molecule has 3 aliphatic rings. The molecule has 176 valence electrons. The van der Waals surface area contributed by atoms with Crippen molar-refractivity contribution in [2.24, 2.45) is 0 Å². The summed E-state index contributed by atoms with van der Waals surface area (Å²) in [6, 6.07) is 12.8. The zero-order valence-electron chi connectivity index (χ0n) is 18.1. The number of hydrogen-bond acceptors (Lipinski definition) is 5. The van der Waals surface area contributed by atoms with Gasteiger partial charge in [0.25, 0.3) is 5.91 Å². The number of carbonyl (C=O) groups is 1. The second-order valence-corrected chi connectivity index (χ2v) is 8.60. The average Bonchev–Trinajstić information content (AvgIpc) is 3.41. The SMILES string of the molecule is N#CC1=C(c2cccc3c2OCO3)CC2(CCc3cc(OCCCC(F)(F)F)ccc32)NC1=O. The summed E-state index contributed by atoms with van der Waals surface area (Å²) in [7, 11) is 0. The highest BCUT2D eigenvalue weighted by Gasteiger charge is 2.46. The fraction of sp³-hybridized carbons (Fsp3) is 0.360. The predicted octanol–water partition coefficient (Wildman–Crippen LogP) is 4.78. The maximum Gasteiger partial charge on any atom is 0.389 e. The number of carbonyl (C=O) groups excluding carboxylic acids is 1. The Morgan fingerprint density at radius 2 is 2.06 bits per heavy atom. The fourth-order valence-electron chi connectivity index (χ4n) is 4.96. The number of nitriles is 1. The van der Waals surface area contributed by atoms with Gasteiger partial charge in [0.05, 0.1) is 12.1 Å². The molecule has 0 aromatic heterocycles. The number of fused-ring (bicyclic) bond motifs is 3. The van der Waals surface area contributed by atoms with E-state index >= 15 is 0 Å². The number of para-hydroxylation sites is 1. The zero-order chi connectivity index (χ0) is 23.9. The molecule has 2 aromatic carbocycles. The van der Waals surface area contributed by atoms with Crippen molar-refractivity contribution in [1.29, 1.82) is 5.26 Å². The van der Waals surface area contributed by atoms with Crippen LogP contribution in [-0.4, -0.2) is 25.5 Å². The lowest BCUT2D eigenvalue weighted by Crippen LogP contribution is -2.48. The van der Waals surface area contributed by atoms with Crippen LogP contribution < -0.4 is 19.5 Å². The van der Waals surface area contributed by atoms with E-state index in [1.165, 1.54) is 0 Å². The Morgan fingerprint density at radius 1 is 1.21 bits per heavy atom. The Hall–Kier alpha value is -3.67. The predicted molar refractivity (Wildman–Crippen MR) is 115 cm³/mol. The van der Waals surface area contributed by atoms with Crippen molar-refractivity contribution in [3.8, 4) is 23.3 Å². The topological polar surface area (TPSA) is 80.6 Å². The van der Waals surface area contributed by atoms with Crippen molar-refractivity contribution in [2.75, 3.05) is 13.4 Å². The summed E-state index contributed by atoms with van der Waals surface area (Å²) in [5, 5.41) is 12.8. The number of nitrogens with zero attached hydrogens (tertiary/aromatic N) is 1. The number of ether oxygens (including phenoxy) is 3. The molecule has 5 rings (SSSR count). The van der Waals surface area contributed by atoms with Crippen molar-refractivity contribution in [3.63, 3.8) is 0 Å². The first-order chi connectivity index (χ1) is 16.3. The Labute approximate surface area is 193 Å². The summed E-state index contributed by atoms with van der Waals surface area (Å²) < 4.78 is 53.7. The average molecular weight is 470 g/mol. The van der Waals surface area contributed by atoms with Crippen LogP contribution in [0.15, 0.2) is 42.0 Å². The van der Waals surface area contributed by atoms with E-state index in [0.717, 1.165) is 11.1 Å². The van der Waals surface area contributed by atoms with Gasteiger partial charge in [-0.3, -0.25) is 4.79 Å². The van der Waals surface area contributed by atoms with Crippen LogP contribution in [0.2, 0.25) is 0 Å². The fourth-order valence-corrected chi connectivity index (χ4v) is 4.96. The number of alkyl halides is 3. The standard InChI is InChI=1S/C25H21F3N2O4/c26-25(27,28)8-2-10-32-16-5-6-20-15(11-16)7-9-24(20)12-18(19(13-29)23(31)30-24)17-3-1-4-21-22(17)34-14-33-21/h1,3-6,11H,2,7-10,12,14H2,(H,30,31). The summed E-state index contributed by atoms with van der Waals surface area (Å²) in [5.41, 5.74) is 2.51. The molecule has 6 nitrogen and oxygen atoms in total. The molecule has 2 aromatic rings. The molecule has 1 spiro atoms. The maximum absolute atomic E-state index is 13.0.